The monoisotopic (exact) mass is 226 g/mol. The van der Waals surface area contributed by atoms with E-state index in [-0.39, 0.29) is 11.9 Å². The molecule has 0 aliphatic carbocycles. The molecule has 0 amide bonds. The van der Waals surface area contributed by atoms with Crippen molar-refractivity contribution in [3.63, 3.8) is 0 Å². The molecular weight excluding hydrogens is 211 g/mol. The summed E-state index contributed by atoms with van der Waals surface area (Å²) < 4.78 is 22.8. The van der Waals surface area contributed by atoms with E-state index in [2.05, 4.69) is 0 Å². The van der Waals surface area contributed by atoms with Crippen molar-refractivity contribution in [3.05, 3.63) is 35.1 Å². The maximum Gasteiger partial charge on any atom is 0.338 e. The molecule has 0 heterocycles. The minimum Gasteiger partial charge on any atom is -0.457 e. The summed E-state index contributed by atoms with van der Waals surface area (Å²) in [6.07, 6.45) is -0.318. The largest absolute Gasteiger partial charge is 0.457 e. The molecule has 0 aromatic heterocycles. The highest BCUT2D eigenvalue weighted by Gasteiger charge is 2.14. The maximum atomic E-state index is 12.8. The molecule has 0 radical (unpaired) electrons. The molecule has 0 fully saturated rings. The molecule has 1 aromatic carbocycles. The highest BCUT2D eigenvalue weighted by atomic mass is 19.1. The standard InChI is InChI=1S/C12H15FO3/c1-8-6-10(13)4-5-11(8)12(14)16-9(2)7-15-3/h4-6,9H,7H2,1-3H3. The van der Waals surface area contributed by atoms with Crippen LogP contribution in [-0.2, 0) is 9.47 Å². The van der Waals surface area contributed by atoms with Gasteiger partial charge in [-0.3, -0.25) is 0 Å². The van der Waals surface area contributed by atoms with Gasteiger partial charge in [0.15, 0.2) is 0 Å². The average molecular weight is 226 g/mol. The number of halogens is 1. The smallest absolute Gasteiger partial charge is 0.338 e. The van der Waals surface area contributed by atoms with Crippen LogP contribution in [0.5, 0.6) is 0 Å². The lowest BCUT2D eigenvalue weighted by molar-refractivity contribution is 0.0119. The molecule has 16 heavy (non-hydrogen) atoms. The lowest BCUT2D eigenvalue weighted by Gasteiger charge is -2.13. The Labute approximate surface area is 94.2 Å². The topological polar surface area (TPSA) is 35.5 Å². The van der Waals surface area contributed by atoms with Crippen LogP contribution in [0.15, 0.2) is 18.2 Å². The second kappa shape index (κ2) is 5.61. The van der Waals surface area contributed by atoms with Crippen LogP contribution in [-0.4, -0.2) is 25.8 Å². The van der Waals surface area contributed by atoms with Crippen LogP contribution in [0.1, 0.15) is 22.8 Å². The molecule has 0 saturated carbocycles. The number of rotatable bonds is 4. The van der Waals surface area contributed by atoms with E-state index >= 15 is 0 Å². The molecule has 88 valence electrons. The molecule has 4 heteroatoms. The van der Waals surface area contributed by atoms with Crippen molar-refractivity contribution in [2.24, 2.45) is 0 Å². The van der Waals surface area contributed by atoms with Gasteiger partial charge in [0.1, 0.15) is 11.9 Å². The Morgan fingerprint density at radius 3 is 2.75 bits per heavy atom. The summed E-state index contributed by atoms with van der Waals surface area (Å²) in [6, 6.07) is 3.97. The Balaban J connectivity index is 2.73. The van der Waals surface area contributed by atoms with Gasteiger partial charge in [-0.25, -0.2) is 9.18 Å². The highest BCUT2D eigenvalue weighted by molar-refractivity contribution is 5.91. The predicted molar refractivity (Wildman–Crippen MR) is 57.9 cm³/mol. The number of ether oxygens (including phenoxy) is 2. The minimum atomic E-state index is -0.456. The normalized spacial score (nSPS) is 12.2. The van der Waals surface area contributed by atoms with Crippen molar-refractivity contribution in [3.8, 4) is 0 Å². The SMILES string of the molecule is COCC(C)OC(=O)c1ccc(F)cc1C. The second-order valence-electron chi connectivity index (χ2n) is 3.63. The number of methoxy groups -OCH3 is 1. The quantitative estimate of drug-likeness (QED) is 0.739. The first-order chi connectivity index (χ1) is 7.54. The summed E-state index contributed by atoms with van der Waals surface area (Å²) in [5.74, 6) is -0.818. The van der Waals surface area contributed by atoms with Gasteiger partial charge < -0.3 is 9.47 Å². The number of carbonyl (C=O) groups excluding carboxylic acids is 1. The molecule has 0 spiro atoms. The van der Waals surface area contributed by atoms with Crippen molar-refractivity contribution >= 4 is 5.97 Å². The van der Waals surface area contributed by atoms with Gasteiger partial charge in [-0.05, 0) is 37.6 Å². The van der Waals surface area contributed by atoms with Crippen LogP contribution < -0.4 is 0 Å². The average Bonchev–Trinajstić information content (AvgIpc) is 2.17. The van der Waals surface area contributed by atoms with E-state index in [9.17, 15) is 9.18 Å². The Morgan fingerprint density at radius 2 is 2.19 bits per heavy atom. The first-order valence-electron chi connectivity index (χ1n) is 5.00. The molecule has 1 atom stereocenters. The fourth-order valence-electron chi connectivity index (χ4n) is 1.37. The van der Waals surface area contributed by atoms with Crippen molar-refractivity contribution in [1.82, 2.24) is 0 Å². The number of esters is 1. The summed E-state index contributed by atoms with van der Waals surface area (Å²) >= 11 is 0. The van der Waals surface area contributed by atoms with Gasteiger partial charge in [0.25, 0.3) is 0 Å². The van der Waals surface area contributed by atoms with E-state index in [1.807, 2.05) is 0 Å². The molecule has 0 N–H and O–H groups in total. The zero-order valence-electron chi connectivity index (χ0n) is 9.62. The van der Waals surface area contributed by atoms with Crippen LogP contribution in [0.25, 0.3) is 0 Å². The van der Waals surface area contributed by atoms with E-state index in [4.69, 9.17) is 9.47 Å². The van der Waals surface area contributed by atoms with Gasteiger partial charge in [-0.2, -0.15) is 0 Å². The summed E-state index contributed by atoms with van der Waals surface area (Å²) in [4.78, 5) is 11.7. The summed E-state index contributed by atoms with van der Waals surface area (Å²) in [5, 5.41) is 0. The minimum absolute atomic E-state index is 0.318. The third-order valence-electron chi connectivity index (χ3n) is 2.12. The van der Waals surface area contributed by atoms with Crippen LogP contribution in [0, 0.1) is 12.7 Å². The number of aryl methyl sites for hydroxylation is 1. The zero-order chi connectivity index (χ0) is 12.1. The Bertz CT molecular complexity index is 377. The van der Waals surface area contributed by atoms with E-state index in [0.29, 0.717) is 17.7 Å². The fourth-order valence-corrected chi connectivity index (χ4v) is 1.37. The number of hydrogen-bond acceptors (Lipinski definition) is 3. The molecular formula is C12H15FO3. The lowest BCUT2D eigenvalue weighted by Crippen LogP contribution is -2.20. The molecule has 0 aliphatic rings. The third kappa shape index (κ3) is 3.31. The lowest BCUT2D eigenvalue weighted by atomic mass is 10.1. The van der Waals surface area contributed by atoms with Gasteiger partial charge in [-0.1, -0.05) is 0 Å². The van der Waals surface area contributed by atoms with E-state index in [0.717, 1.165) is 0 Å². The van der Waals surface area contributed by atoms with E-state index in [1.54, 1.807) is 13.8 Å². The molecule has 1 aromatic rings. The first kappa shape index (κ1) is 12.6. The van der Waals surface area contributed by atoms with Gasteiger partial charge in [0, 0.05) is 7.11 Å². The highest BCUT2D eigenvalue weighted by Crippen LogP contribution is 2.12. The fraction of sp³-hybridized carbons (Fsp3) is 0.417. The van der Waals surface area contributed by atoms with Crippen LogP contribution in [0.3, 0.4) is 0 Å². The Morgan fingerprint density at radius 1 is 1.50 bits per heavy atom. The molecule has 0 aliphatic heterocycles. The van der Waals surface area contributed by atoms with E-state index in [1.165, 1.54) is 25.3 Å². The molecule has 1 rings (SSSR count). The first-order valence-corrected chi connectivity index (χ1v) is 5.00. The van der Waals surface area contributed by atoms with Crippen LogP contribution in [0.2, 0.25) is 0 Å². The summed E-state index contributed by atoms with van der Waals surface area (Å²) in [5.41, 5.74) is 0.943. The molecule has 1 unspecified atom stereocenters. The predicted octanol–water partition coefficient (Wildman–Crippen LogP) is 2.33. The van der Waals surface area contributed by atoms with Crippen molar-refractivity contribution in [1.29, 1.82) is 0 Å². The van der Waals surface area contributed by atoms with E-state index < -0.39 is 5.97 Å². The summed E-state index contributed by atoms with van der Waals surface area (Å²) in [6.45, 7) is 3.74. The Hall–Kier alpha value is -1.42. The number of hydrogen-bond donors (Lipinski definition) is 0. The van der Waals surface area contributed by atoms with Crippen molar-refractivity contribution in [2.45, 2.75) is 20.0 Å². The van der Waals surface area contributed by atoms with Crippen molar-refractivity contribution < 1.29 is 18.7 Å². The van der Waals surface area contributed by atoms with Crippen LogP contribution >= 0.6 is 0 Å². The van der Waals surface area contributed by atoms with Gasteiger partial charge in [0.05, 0.1) is 12.2 Å². The molecule has 3 nitrogen and oxygen atoms in total. The third-order valence-corrected chi connectivity index (χ3v) is 2.12. The molecule has 0 saturated heterocycles. The Kier molecular flexibility index (Phi) is 4.43. The maximum absolute atomic E-state index is 12.8. The van der Waals surface area contributed by atoms with Crippen molar-refractivity contribution in [2.75, 3.05) is 13.7 Å². The number of benzene rings is 1. The van der Waals surface area contributed by atoms with Crippen LogP contribution in [0.4, 0.5) is 4.39 Å². The molecule has 0 bridgehead atoms. The van der Waals surface area contributed by atoms with Gasteiger partial charge in [0.2, 0.25) is 0 Å². The van der Waals surface area contributed by atoms with Gasteiger partial charge in [-0.15, -0.1) is 0 Å². The summed E-state index contributed by atoms with van der Waals surface area (Å²) in [7, 11) is 1.54. The van der Waals surface area contributed by atoms with Gasteiger partial charge >= 0.3 is 5.97 Å². The zero-order valence-corrected chi connectivity index (χ0v) is 9.62. The second-order valence-corrected chi connectivity index (χ2v) is 3.63. The number of carbonyl (C=O) groups is 1.